The van der Waals surface area contributed by atoms with Gasteiger partial charge in [-0.1, -0.05) is 28.1 Å². The zero-order valence-electron chi connectivity index (χ0n) is 7.37. The van der Waals surface area contributed by atoms with E-state index < -0.39 is 0 Å². The molecule has 0 atom stereocenters. The van der Waals surface area contributed by atoms with Gasteiger partial charge in [0.2, 0.25) is 0 Å². The van der Waals surface area contributed by atoms with Crippen molar-refractivity contribution in [1.29, 1.82) is 0 Å². The van der Waals surface area contributed by atoms with E-state index in [1.54, 1.807) is 6.20 Å². The van der Waals surface area contributed by atoms with Crippen molar-refractivity contribution in [2.45, 2.75) is 6.54 Å². The Bertz CT molecular complexity index is 436. The summed E-state index contributed by atoms with van der Waals surface area (Å²) in [6.45, 7) is 0.536. The van der Waals surface area contributed by atoms with E-state index in [1.165, 1.54) is 10.6 Å². The molecule has 1 nitrogen and oxygen atoms in total. The molecule has 0 aliphatic carbocycles. The van der Waals surface area contributed by atoms with Crippen LogP contribution in [0.3, 0.4) is 0 Å². The van der Waals surface area contributed by atoms with Gasteiger partial charge in [-0.2, -0.15) is 4.39 Å². The first-order chi connectivity index (χ1) is 6.75. The van der Waals surface area contributed by atoms with Crippen molar-refractivity contribution >= 4 is 15.9 Å². The van der Waals surface area contributed by atoms with E-state index in [0.717, 1.165) is 10.0 Å². The summed E-state index contributed by atoms with van der Waals surface area (Å²) in [6.07, 6.45) is 1.61. The Morgan fingerprint density at radius 2 is 2.29 bits per heavy atom. The number of rotatable bonds is 2. The first-order valence-corrected chi connectivity index (χ1v) is 5.01. The maximum absolute atomic E-state index is 13.1. The zero-order chi connectivity index (χ0) is 9.97. The lowest BCUT2D eigenvalue weighted by Gasteiger charge is -2.04. The molecule has 0 saturated carbocycles. The molecule has 1 radical (unpaired) electrons. The Balaban J connectivity index is 2.23. The topological polar surface area (TPSA) is 4.93 Å². The third-order valence-corrected chi connectivity index (χ3v) is 2.44. The standard InChI is InChI=1S/C11H8BrFN/c12-10-4-1-3-9(7-10)8-14-6-2-5-11(14)13/h1,3-7H,8H2. The van der Waals surface area contributed by atoms with Gasteiger partial charge in [0.1, 0.15) is 0 Å². The zero-order valence-corrected chi connectivity index (χ0v) is 8.96. The maximum atomic E-state index is 13.1. The van der Waals surface area contributed by atoms with Gasteiger partial charge in [0.15, 0.2) is 5.95 Å². The molecule has 0 unspecified atom stereocenters. The summed E-state index contributed by atoms with van der Waals surface area (Å²) in [5.74, 6) is -0.259. The predicted molar refractivity (Wildman–Crippen MR) is 56.5 cm³/mol. The summed E-state index contributed by atoms with van der Waals surface area (Å²) in [5, 5.41) is 0. The summed E-state index contributed by atoms with van der Waals surface area (Å²) in [4.78, 5) is 0. The number of halogens is 2. The van der Waals surface area contributed by atoms with Crippen LogP contribution in [0.2, 0.25) is 0 Å². The lowest BCUT2D eigenvalue weighted by atomic mass is 10.2. The van der Waals surface area contributed by atoms with Crippen molar-refractivity contribution < 1.29 is 4.39 Å². The molecule has 2 aromatic rings. The van der Waals surface area contributed by atoms with Crippen LogP contribution in [-0.4, -0.2) is 4.57 Å². The summed E-state index contributed by atoms with van der Waals surface area (Å²) >= 11 is 3.37. The van der Waals surface area contributed by atoms with E-state index in [9.17, 15) is 4.39 Å². The van der Waals surface area contributed by atoms with Gasteiger partial charge >= 0.3 is 0 Å². The van der Waals surface area contributed by atoms with Crippen molar-refractivity contribution in [2.24, 2.45) is 0 Å². The Morgan fingerprint density at radius 3 is 2.93 bits per heavy atom. The highest BCUT2D eigenvalue weighted by atomic mass is 79.9. The van der Waals surface area contributed by atoms with Crippen LogP contribution in [0.4, 0.5) is 4.39 Å². The van der Waals surface area contributed by atoms with Gasteiger partial charge in [-0.3, -0.25) is 0 Å². The average molecular weight is 253 g/mol. The summed E-state index contributed by atoms with van der Waals surface area (Å²) < 4.78 is 15.6. The second-order valence-electron chi connectivity index (χ2n) is 3.02. The van der Waals surface area contributed by atoms with Gasteiger partial charge in [0.25, 0.3) is 0 Å². The molecule has 71 valence electrons. The molecule has 1 aromatic carbocycles. The molecule has 14 heavy (non-hydrogen) atoms. The predicted octanol–water partition coefficient (Wildman–Crippen LogP) is 3.24. The molecule has 0 aliphatic heterocycles. The molecular weight excluding hydrogens is 245 g/mol. The van der Waals surface area contributed by atoms with Crippen LogP contribution in [0.1, 0.15) is 5.56 Å². The van der Waals surface area contributed by atoms with Crippen LogP contribution in [0.25, 0.3) is 0 Å². The first kappa shape index (κ1) is 9.46. The lowest BCUT2D eigenvalue weighted by Crippen LogP contribution is -2.00. The number of benzene rings is 1. The molecule has 0 amide bonds. The summed E-state index contributed by atoms with van der Waals surface area (Å²) in [6, 6.07) is 11.9. The van der Waals surface area contributed by atoms with Gasteiger partial charge in [0, 0.05) is 29.3 Å². The maximum Gasteiger partial charge on any atom is 0.194 e. The Kier molecular flexibility index (Phi) is 2.68. The van der Waals surface area contributed by atoms with Gasteiger partial charge in [-0.15, -0.1) is 0 Å². The van der Waals surface area contributed by atoms with E-state index in [2.05, 4.69) is 22.0 Å². The SMILES string of the molecule is Fc1c[c]cn1Cc1cccc(Br)c1. The Labute approximate surface area is 90.3 Å². The molecule has 0 saturated heterocycles. The van der Waals surface area contributed by atoms with Crippen LogP contribution in [-0.2, 0) is 6.54 Å². The normalized spacial score (nSPS) is 10.4. The molecule has 1 aromatic heterocycles. The minimum Gasteiger partial charge on any atom is -0.320 e. The van der Waals surface area contributed by atoms with Crippen LogP contribution in [0, 0.1) is 12.0 Å². The number of aromatic nitrogens is 1. The van der Waals surface area contributed by atoms with Crippen LogP contribution in [0.15, 0.2) is 41.0 Å². The molecule has 0 aliphatic rings. The summed E-state index contributed by atoms with van der Waals surface area (Å²) in [5.41, 5.74) is 1.06. The van der Waals surface area contributed by atoms with Crippen molar-refractivity contribution in [3.8, 4) is 0 Å². The number of nitrogens with zero attached hydrogens (tertiary/aromatic N) is 1. The van der Waals surface area contributed by atoms with Crippen molar-refractivity contribution in [3.63, 3.8) is 0 Å². The molecule has 0 bridgehead atoms. The third kappa shape index (κ3) is 2.04. The fourth-order valence-electron chi connectivity index (χ4n) is 1.29. The molecule has 0 spiro atoms. The highest BCUT2D eigenvalue weighted by molar-refractivity contribution is 9.10. The fraction of sp³-hybridized carbons (Fsp3) is 0.0909. The first-order valence-electron chi connectivity index (χ1n) is 4.22. The minimum absolute atomic E-state index is 0.259. The van der Waals surface area contributed by atoms with Crippen LogP contribution < -0.4 is 0 Å². The van der Waals surface area contributed by atoms with Gasteiger partial charge in [-0.05, 0) is 17.7 Å². The van der Waals surface area contributed by atoms with Gasteiger partial charge in [0.05, 0.1) is 0 Å². The number of hydrogen-bond donors (Lipinski definition) is 0. The lowest BCUT2D eigenvalue weighted by molar-refractivity contribution is 0.516. The quantitative estimate of drug-likeness (QED) is 0.774. The smallest absolute Gasteiger partial charge is 0.194 e. The Morgan fingerprint density at radius 1 is 1.43 bits per heavy atom. The highest BCUT2D eigenvalue weighted by Gasteiger charge is 2.00. The van der Waals surface area contributed by atoms with E-state index >= 15 is 0 Å². The molecule has 1 heterocycles. The van der Waals surface area contributed by atoms with E-state index in [0.29, 0.717) is 6.54 Å². The number of hydrogen-bond acceptors (Lipinski definition) is 0. The van der Waals surface area contributed by atoms with E-state index in [4.69, 9.17) is 0 Å². The van der Waals surface area contributed by atoms with Crippen LogP contribution in [0.5, 0.6) is 0 Å². The van der Waals surface area contributed by atoms with E-state index in [-0.39, 0.29) is 5.95 Å². The second kappa shape index (κ2) is 3.96. The van der Waals surface area contributed by atoms with Crippen molar-refractivity contribution in [3.05, 3.63) is 58.6 Å². The van der Waals surface area contributed by atoms with Crippen molar-refractivity contribution in [2.75, 3.05) is 0 Å². The van der Waals surface area contributed by atoms with E-state index in [1.807, 2.05) is 24.3 Å². The fourth-order valence-corrected chi connectivity index (χ4v) is 1.74. The van der Waals surface area contributed by atoms with Gasteiger partial charge < -0.3 is 4.57 Å². The molecular formula is C11H8BrFN. The minimum atomic E-state index is -0.259. The largest absolute Gasteiger partial charge is 0.320 e. The van der Waals surface area contributed by atoms with Gasteiger partial charge in [-0.25, -0.2) is 0 Å². The van der Waals surface area contributed by atoms with Crippen molar-refractivity contribution in [1.82, 2.24) is 4.57 Å². The average Bonchev–Trinajstić information content (AvgIpc) is 2.52. The molecule has 2 rings (SSSR count). The third-order valence-electron chi connectivity index (χ3n) is 1.95. The molecule has 0 N–H and O–H groups in total. The summed E-state index contributed by atoms with van der Waals surface area (Å²) in [7, 11) is 0. The molecule has 0 fully saturated rings. The van der Waals surface area contributed by atoms with Crippen LogP contribution >= 0.6 is 15.9 Å². The molecule has 3 heteroatoms. The highest BCUT2D eigenvalue weighted by Crippen LogP contribution is 2.13. The monoisotopic (exact) mass is 252 g/mol. The second-order valence-corrected chi connectivity index (χ2v) is 3.94. The Hall–Kier alpha value is -1.09.